The van der Waals surface area contributed by atoms with E-state index in [0.29, 0.717) is 18.4 Å². The lowest BCUT2D eigenvalue weighted by atomic mass is 9.93. The Morgan fingerprint density at radius 3 is 2.68 bits per heavy atom. The SMILES string of the molecule is CNc1nc(OCCC(C)(C)C)c2cc(C)sc2n1. The number of anilines is 1. The zero-order valence-corrected chi connectivity index (χ0v) is 13.0. The lowest BCUT2D eigenvalue weighted by Crippen LogP contribution is -2.12. The first-order chi connectivity index (χ1) is 8.89. The number of nitrogens with one attached hydrogen (secondary N) is 1. The highest BCUT2D eigenvalue weighted by Gasteiger charge is 2.14. The lowest BCUT2D eigenvalue weighted by molar-refractivity contribution is 0.239. The van der Waals surface area contributed by atoms with Crippen molar-refractivity contribution in [1.82, 2.24) is 9.97 Å². The fraction of sp³-hybridized carbons (Fsp3) is 0.571. The van der Waals surface area contributed by atoms with Gasteiger partial charge in [-0.25, -0.2) is 4.98 Å². The highest BCUT2D eigenvalue weighted by Crippen LogP contribution is 2.31. The van der Waals surface area contributed by atoms with Gasteiger partial charge in [0.15, 0.2) is 0 Å². The molecule has 0 aliphatic rings. The van der Waals surface area contributed by atoms with E-state index in [2.05, 4.69) is 49.0 Å². The summed E-state index contributed by atoms with van der Waals surface area (Å²) >= 11 is 1.66. The van der Waals surface area contributed by atoms with Gasteiger partial charge in [-0.15, -0.1) is 11.3 Å². The molecule has 0 aliphatic carbocycles. The van der Waals surface area contributed by atoms with E-state index in [-0.39, 0.29) is 5.41 Å². The number of nitrogens with zero attached hydrogens (tertiary/aromatic N) is 2. The molecule has 1 N–H and O–H groups in total. The molecule has 4 nitrogen and oxygen atoms in total. The summed E-state index contributed by atoms with van der Waals surface area (Å²) < 4.78 is 5.87. The van der Waals surface area contributed by atoms with Crippen molar-refractivity contribution >= 4 is 27.5 Å². The highest BCUT2D eigenvalue weighted by atomic mass is 32.1. The molecule has 0 unspecified atom stereocenters. The van der Waals surface area contributed by atoms with E-state index in [1.807, 2.05) is 7.05 Å². The minimum atomic E-state index is 0.266. The predicted molar refractivity (Wildman–Crippen MR) is 81.3 cm³/mol. The third-order valence-electron chi connectivity index (χ3n) is 2.80. The summed E-state index contributed by atoms with van der Waals surface area (Å²) in [6.07, 6.45) is 0.997. The zero-order chi connectivity index (χ0) is 14.0. The van der Waals surface area contributed by atoms with Crippen LogP contribution in [0.15, 0.2) is 6.07 Å². The minimum absolute atomic E-state index is 0.266. The molecule has 19 heavy (non-hydrogen) atoms. The normalized spacial score (nSPS) is 11.8. The molecule has 104 valence electrons. The lowest BCUT2D eigenvalue weighted by Gasteiger charge is -2.18. The Morgan fingerprint density at radius 2 is 2.05 bits per heavy atom. The molecule has 0 bridgehead atoms. The van der Waals surface area contributed by atoms with Crippen molar-refractivity contribution in [3.8, 4) is 5.88 Å². The van der Waals surface area contributed by atoms with Crippen LogP contribution in [0.3, 0.4) is 0 Å². The van der Waals surface area contributed by atoms with Crippen LogP contribution in [0.5, 0.6) is 5.88 Å². The summed E-state index contributed by atoms with van der Waals surface area (Å²) in [6.45, 7) is 9.37. The van der Waals surface area contributed by atoms with E-state index < -0.39 is 0 Å². The summed E-state index contributed by atoms with van der Waals surface area (Å²) in [7, 11) is 1.82. The van der Waals surface area contributed by atoms with Crippen molar-refractivity contribution in [3.63, 3.8) is 0 Å². The molecular weight excluding hydrogens is 258 g/mol. The van der Waals surface area contributed by atoms with Gasteiger partial charge in [-0.3, -0.25) is 0 Å². The maximum absolute atomic E-state index is 5.87. The molecule has 2 heterocycles. The Balaban J connectivity index is 2.25. The van der Waals surface area contributed by atoms with Gasteiger partial charge >= 0.3 is 0 Å². The number of ether oxygens (including phenoxy) is 1. The van der Waals surface area contributed by atoms with Gasteiger partial charge in [0.25, 0.3) is 0 Å². The number of thiophene rings is 1. The second kappa shape index (κ2) is 5.33. The topological polar surface area (TPSA) is 47.0 Å². The van der Waals surface area contributed by atoms with Crippen molar-refractivity contribution < 1.29 is 4.74 Å². The Morgan fingerprint density at radius 1 is 1.32 bits per heavy atom. The molecular formula is C14H21N3OS. The highest BCUT2D eigenvalue weighted by molar-refractivity contribution is 7.18. The molecule has 0 saturated heterocycles. The minimum Gasteiger partial charge on any atom is -0.477 e. The first-order valence-corrected chi connectivity index (χ1v) is 7.29. The van der Waals surface area contributed by atoms with E-state index in [0.717, 1.165) is 16.6 Å². The standard InChI is InChI=1S/C14H21N3OS/c1-9-8-10-11(18-7-6-14(2,3)4)16-13(15-5)17-12(10)19-9/h8H,6-7H2,1-5H3,(H,15,16,17). The second-order valence-electron chi connectivity index (χ2n) is 5.84. The Hall–Kier alpha value is -1.36. The Bertz CT molecular complexity index is 572. The molecule has 0 amide bonds. The van der Waals surface area contributed by atoms with Gasteiger partial charge in [0, 0.05) is 11.9 Å². The smallest absolute Gasteiger partial charge is 0.227 e. The predicted octanol–water partition coefficient (Wildman–Crippen LogP) is 3.86. The fourth-order valence-electron chi connectivity index (χ4n) is 1.69. The van der Waals surface area contributed by atoms with Gasteiger partial charge in [0.2, 0.25) is 11.8 Å². The zero-order valence-electron chi connectivity index (χ0n) is 12.2. The average molecular weight is 279 g/mol. The third-order valence-corrected chi connectivity index (χ3v) is 3.74. The van der Waals surface area contributed by atoms with E-state index in [1.54, 1.807) is 11.3 Å². The number of fused-ring (bicyclic) bond motifs is 1. The quantitative estimate of drug-likeness (QED) is 0.923. The van der Waals surface area contributed by atoms with Gasteiger partial charge in [0.1, 0.15) is 4.83 Å². The van der Waals surface area contributed by atoms with Crippen molar-refractivity contribution in [2.75, 3.05) is 19.0 Å². The van der Waals surface area contributed by atoms with Gasteiger partial charge in [0.05, 0.1) is 12.0 Å². The molecule has 0 radical (unpaired) electrons. The molecule has 0 saturated carbocycles. The molecule has 0 atom stereocenters. The van der Waals surface area contributed by atoms with Crippen LogP contribution in [0.1, 0.15) is 32.1 Å². The van der Waals surface area contributed by atoms with E-state index in [9.17, 15) is 0 Å². The average Bonchev–Trinajstić information content (AvgIpc) is 2.67. The largest absolute Gasteiger partial charge is 0.477 e. The first-order valence-electron chi connectivity index (χ1n) is 6.48. The van der Waals surface area contributed by atoms with E-state index in [4.69, 9.17) is 4.74 Å². The van der Waals surface area contributed by atoms with Crippen LogP contribution >= 0.6 is 11.3 Å². The molecule has 0 aliphatic heterocycles. The van der Waals surface area contributed by atoms with Crippen molar-refractivity contribution in [1.29, 1.82) is 0 Å². The van der Waals surface area contributed by atoms with Crippen LogP contribution in [0.25, 0.3) is 10.2 Å². The fourth-order valence-corrected chi connectivity index (χ4v) is 2.56. The number of rotatable bonds is 4. The summed E-state index contributed by atoms with van der Waals surface area (Å²) in [6, 6.07) is 2.09. The molecule has 2 aromatic rings. The summed E-state index contributed by atoms with van der Waals surface area (Å²) in [5.74, 6) is 1.29. The molecule has 0 aromatic carbocycles. The first kappa shape index (κ1) is 14.1. The number of aromatic nitrogens is 2. The molecule has 0 spiro atoms. The molecule has 2 aromatic heterocycles. The molecule has 2 rings (SSSR count). The van der Waals surface area contributed by atoms with Gasteiger partial charge in [-0.1, -0.05) is 20.8 Å². The van der Waals surface area contributed by atoms with Gasteiger partial charge in [-0.05, 0) is 24.8 Å². The monoisotopic (exact) mass is 279 g/mol. The van der Waals surface area contributed by atoms with Crippen LogP contribution < -0.4 is 10.1 Å². The number of hydrogen-bond donors (Lipinski definition) is 1. The number of hydrogen-bond acceptors (Lipinski definition) is 5. The maximum Gasteiger partial charge on any atom is 0.227 e. The maximum atomic E-state index is 5.87. The molecule has 0 fully saturated rings. The molecule has 5 heteroatoms. The number of aryl methyl sites for hydroxylation is 1. The van der Waals surface area contributed by atoms with E-state index >= 15 is 0 Å². The third kappa shape index (κ3) is 3.56. The second-order valence-corrected chi connectivity index (χ2v) is 7.07. The van der Waals surface area contributed by atoms with Crippen LogP contribution in [-0.2, 0) is 0 Å². The van der Waals surface area contributed by atoms with Crippen LogP contribution in [0.2, 0.25) is 0 Å². The van der Waals surface area contributed by atoms with Crippen LogP contribution in [-0.4, -0.2) is 23.6 Å². The van der Waals surface area contributed by atoms with Crippen LogP contribution in [0, 0.1) is 12.3 Å². The summed E-state index contributed by atoms with van der Waals surface area (Å²) in [5, 5.41) is 3.99. The van der Waals surface area contributed by atoms with E-state index in [1.165, 1.54) is 4.88 Å². The summed E-state index contributed by atoms with van der Waals surface area (Å²) in [5.41, 5.74) is 0.266. The Labute approximate surface area is 118 Å². The Kier molecular flexibility index (Phi) is 3.94. The van der Waals surface area contributed by atoms with Gasteiger partial charge in [-0.2, -0.15) is 4.98 Å². The van der Waals surface area contributed by atoms with Gasteiger partial charge < -0.3 is 10.1 Å². The van der Waals surface area contributed by atoms with Crippen LogP contribution in [0.4, 0.5) is 5.95 Å². The van der Waals surface area contributed by atoms with Crippen molar-refractivity contribution in [2.24, 2.45) is 5.41 Å². The van der Waals surface area contributed by atoms with Crippen molar-refractivity contribution in [3.05, 3.63) is 10.9 Å². The van der Waals surface area contributed by atoms with Crippen molar-refractivity contribution in [2.45, 2.75) is 34.1 Å². The summed E-state index contributed by atoms with van der Waals surface area (Å²) in [4.78, 5) is 11.1.